The molecule has 0 saturated heterocycles. The fourth-order valence-electron chi connectivity index (χ4n) is 4.81. The number of benzene rings is 2. The van der Waals surface area contributed by atoms with Crippen LogP contribution in [-0.2, 0) is 4.79 Å². The Morgan fingerprint density at radius 3 is 2.30 bits per heavy atom. The second-order valence-corrected chi connectivity index (χ2v) is 9.11. The van der Waals surface area contributed by atoms with Crippen molar-refractivity contribution in [1.82, 2.24) is 10.3 Å². The topological polar surface area (TPSA) is 45.2 Å². The molecule has 2 aromatic carbocycles. The van der Waals surface area contributed by atoms with E-state index in [1.165, 1.54) is 30.4 Å². The molecular weight excluding hydrogens is 406 g/mol. The number of aromatic nitrogens is 1. The summed E-state index contributed by atoms with van der Waals surface area (Å²) in [6.07, 6.45) is 10.3. The highest BCUT2D eigenvalue weighted by molar-refractivity contribution is 5.87. The molecule has 1 saturated carbocycles. The predicted molar refractivity (Wildman–Crippen MR) is 136 cm³/mol. The van der Waals surface area contributed by atoms with Gasteiger partial charge < -0.3 is 10.2 Å². The molecule has 1 aliphatic carbocycles. The molecule has 0 spiro atoms. The number of nitrogens with zero attached hydrogens (tertiary/aromatic N) is 2. The van der Waals surface area contributed by atoms with Gasteiger partial charge in [0, 0.05) is 35.7 Å². The fraction of sp³-hybridized carbons (Fsp3) is 0.379. The van der Waals surface area contributed by atoms with Crippen LogP contribution < -0.4 is 10.2 Å². The third-order valence-corrected chi connectivity index (χ3v) is 6.82. The molecule has 0 aliphatic heterocycles. The van der Waals surface area contributed by atoms with Crippen molar-refractivity contribution in [3.05, 3.63) is 84.7 Å². The monoisotopic (exact) mass is 441 g/mol. The molecule has 2 unspecified atom stereocenters. The lowest BCUT2D eigenvalue weighted by Crippen LogP contribution is -2.48. The SMILES string of the molecule is CCC(C)N(c1ccc(-c2ccccc2)cc1)C(C(=O)NC1CCCCC1)c1cccnc1. The van der Waals surface area contributed by atoms with Gasteiger partial charge in [0.15, 0.2) is 0 Å². The number of hydrogen-bond acceptors (Lipinski definition) is 3. The third kappa shape index (κ3) is 5.62. The Kier molecular flexibility index (Phi) is 7.77. The minimum atomic E-state index is -0.418. The predicted octanol–water partition coefficient (Wildman–Crippen LogP) is 6.54. The van der Waals surface area contributed by atoms with E-state index in [4.69, 9.17) is 0 Å². The maximum Gasteiger partial charge on any atom is 0.247 e. The number of carbonyl (C=O) groups is 1. The molecule has 172 valence electrons. The summed E-state index contributed by atoms with van der Waals surface area (Å²) in [6.45, 7) is 4.37. The van der Waals surface area contributed by atoms with Gasteiger partial charge in [0.2, 0.25) is 5.91 Å². The molecule has 33 heavy (non-hydrogen) atoms. The summed E-state index contributed by atoms with van der Waals surface area (Å²) in [5.41, 5.74) is 4.35. The first kappa shape index (κ1) is 23.0. The Bertz CT molecular complexity index is 998. The second-order valence-electron chi connectivity index (χ2n) is 9.11. The van der Waals surface area contributed by atoms with Crippen molar-refractivity contribution < 1.29 is 4.79 Å². The molecule has 4 rings (SSSR count). The van der Waals surface area contributed by atoms with Crippen molar-refractivity contribution in [2.24, 2.45) is 0 Å². The molecule has 0 radical (unpaired) electrons. The largest absolute Gasteiger partial charge is 0.353 e. The van der Waals surface area contributed by atoms with E-state index >= 15 is 0 Å². The van der Waals surface area contributed by atoms with E-state index in [1.807, 2.05) is 24.4 Å². The highest BCUT2D eigenvalue weighted by atomic mass is 16.2. The Hall–Kier alpha value is -3.14. The first-order chi connectivity index (χ1) is 16.2. The average molecular weight is 442 g/mol. The number of hydrogen-bond donors (Lipinski definition) is 1. The molecule has 1 heterocycles. The van der Waals surface area contributed by atoms with Crippen LogP contribution in [-0.4, -0.2) is 23.0 Å². The van der Waals surface area contributed by atoms with Crippen molar-refractivity contribution >= 4 is 11.6 Å². The molecule has 1 aromatic heterocycles. The Morgan fingerprint density at radius 2 is 1.67 bits per heavy atom. The van der Waals surface area contributed by atoms with Crippen molar-refractivity contribution in [2.75, 3.05) is 4.90 Å². The van der Waals surface area contributed by atoms with Crippen LogP contribution in [0.25, 0.3) is 11.1 Å². The number of rotatable bonds is 8. The quantitative estimate of drug-likeness (QED) is 0.431. The van der Waals surface area contributed by atoms with Crippen LogP contribution >= 0.6 is 0 Å². The molecule has 1 fully saturated rings. The van der Waals surface area contributed by atoms with Gasteiger partial charge in [-0.3, -0.25) is 9.78 Å². The van der Waals surface area contributed by atoms with E-state index in [-0.39, 0.29) is 18.0 Å². The van der Waals surface area contributed by atoms with Gasteiger partial charge in [-0.1, -0.05) is 74.7 Å². The zero-order chi connectivity index (χ0) is 23.0. The van der Waals surface area contributed by atoms with Gasteiger partial charge >= 0.3 is 0 Å². The minimum absolute atomic E-state index is 0.0716. The molecule has 1 N–H and O–H groups in total. The summed E-state index contributed by atoms with van der Waals surface area (Å²) in [4.78, 5) is 20.4. The first-order valence-corrected chi connectivity index (χ1v) is 12.3. The van der Waals surface area contributed by atoms with E-state index in [1.54, 1.807) is 6.20 Å². The Balaban J connectivity index is 1.68. The van der Waals surface area contributed by atoms with E-state index in [0.717, 1.165) is 30.5 Å². The van der Waals surface area contributed by atoms with E-state index < -0.39 is 6.04 Å². The van der Waals surface area contributed by atoms with Gasteiger partial charge in [-0.2, -0.15) is 0 Å². The lowest BCUT2D eigenvalue weighted by atomic mass is 9.94. The molecule has 2 atom stereocenters. The van der Waals surface area contributed by atoms with Gasteiger partial charge in [0.05, 0.1) is 0 Å². The zero-order valence-corrected chi connectivity index (χ0v) is 19.8. The standard InChI is InChI=1S/C29H35N3O/c1-3-22(2)32(27-18-16-24(17-19-27)23-11-6-4-7-12-23)28(25-13-10-20-30-21-25)29(33)31-26-14-8-5-9-15-26/h4,6-7,10-13,16-22,26,28H,3,5,8-9,14-15H2,1-2H3,(H,31,33). The van der Waals surface area contributed by atoms with Crippen LogP contribution in [0.5, 0.6) is 0 Å². The second kappa shape index (κ2) is 11.1. The number of nitrogens with one attached hydrogen (secondary N) is 1. The molecule has 1 aliphatic rings. The molecule has 1 amide bonds. The van der Waals surface area contributed by atoms with Crippen molar-refractivity contribution in [2.45, 2.75) is 70.5 Å². The lowest BCUT2D eigenvalue weighted by molar-refractivity contribution is -0.123. The molecule has 4 heteroatoms. The zero-order valence-electron chi connectivity index (χ0n) is 19.8. The average Bonchev–Trinajstić information content (AvgIpc) is 2.88. The number of amides is 1. The summed E-state index contributed by atoms with van der Waals surface area (Å²) >= 11 is 0. The summed E-state index contributed by atoms with van der Waals surface area (Å²) < 4.78 is 0. The summed E-state index contributed by atoms with van der Waals surface area (Å²) in [5, 5.41) is 3.38. The van der Waals surface area contributed by atoms with Crippen LogP contribution in [0.3, 0.4) is 0 Å². The van der Waals surface area contributed by atoms with Gasteiger partial charge in [-0.15, -0.1) is 0 Å². The molecular formula is C29H35N3O. The van der Waals surface area contributed by atoms with E-state index in [2.05, 4.69) is 77.6 Å². The van der Waals surface area contributed by atoms with Crippen LogP contribution in [0.2, 0.25) is 0 Å². The van der Waals surface area contributed by atoms with Crippen LogP contribution in [0.15, 0.2) is 79.1 Å². The van der Waals surface area contributed by atoms with Crippen LogP contribution in [0, 0.1) is 0 Å². The number of carbonyl (C=O) groups excluding carboxylic acids is 1. The van der Waals surface area contributed by atoms with Crippen molar-refractivity contribution in [1.29, 1.82) is 0 Å². The molecule has 0 bridgehead atoms. The lowest BCUT2D eigenvalue weighted by Gasteiger charge is -2.38. The van der Waals surface area contributed by atoms with Gasteiger partial charge in [-0.05, 0) is 55.5 Å². The minimum Gasteiger partial charge on any atom is -0.353 e. The van der Waals surface area contributed by atoms with Gasteiger partial charge in [0.25, 0.3) is 0 Å². The normalized spacial score (nSPS) is 16.1. The third-order valence-electron chi connectivity index (χ3n) is 6.82. The van der Waals surface area contributed by atoms with Crippen molar-refractivity contribution in [3.8, 4) is 11.1 Å². The van der Waals surface area contributed by atoms with Crippen LogP contribution in [0.4, 0.5) is 5.69 Å². The highest BCUT2D eigenvalue weighted by Crippen LogP contribution is 2.33. The summed E-state index contributed by atoms with van der Waals surface area (Å²) in [7, 11) is 0. The summed E-state index contributed by atoms with van der Waals surface area (Å²) in [6, 6.07) is 23.0. The maximum atomic E-state index is 13.8. The number of anilines is 1. The maximum absolute atomic E-state index is 13.8. The van der Waals surface area contributed by atoms with Gasteiger partial charge in [0.1, 0.15) is 6.04 Å². The molecule has 3 aromatic rings. The highest BCUT2D eigenvalue weighted by Gasteiger charge is 2.32. The Morgan fingerprint density at radius 1 is 0.970 bits per heavy atom. The number of pyridine rings is 1. The summed E-state index contributed by atoms with van der Waals surface area (Å²) in [5.74, 6) is 0.0716. The van der Waals surface area contributed by atoms with Gasteiger partial charge in [-0.25, -0.2) is 0 Å². The smallest absolute Gasteiger partial charge is 0.247 e. The Labute approximate surface area is 198 Å². The van der Waals surface area contributed by atoms with E-state index in [0.29, 0.717) is 0 Å². The molecule has 4 nitrogen and oxygen atoms in total. The fourth-order valence-corrected chi connectivity index (χ4v) is 4.81. The van der Waals surface area contributed by atoms with Crippen molar-refractivity contribution in [3.63, 3.8) is 0 Å². The van der Waals surface area contributed by atoms with Crippen LogP contribution in [0.1, 0.15) is 64.0 Å². The first-order valence-electron chi connectivity index (χ1n) is 12.3. The van der Waals surface area contributed by atoms with E-state index in [9.17, 15) is 4.79 Å².